The predicted molar refractivity (Wildman–Crippen MR) is 128 cm³/mol. The Hall–Kier alpha value is -3.46. The largest absolute Gasteiger partial charge is 0.378 e. The average Bonchev–Trinajstić information content (AvgIpc) is 3.49. The van der Waals surface area contributed by atoms with Gasteiger partial charge in [-0.25, -0.2) is 9.94 Å². The molecule has 1 saturated carbocycles. The molecule has 9 heteroatoms. The summed E-state index contributed by atoms with van der Waals surface area (Å²) in [6, 6.07) is 10.2. The lowest BCUT2D eigenvalue weighted by Gasteiger charge is -2.28. The number of fused-ring (bicyclic) bond motifs is 1. The van der Waals surface area contributed by atoms with Crippen LogP contribution in [0, 0.1) is 6.92 Å². The molecule has 2 N–H and O–H groups in total. The van der Waals surface area contributed by atoms with E-state index >= 15 is 0 Å². The summed E-state index contributed by atoms with van der Waals surface area (Å²) in [5.41, 5.74) is 6.49. The van der Waals surface area contributed by atoms with Crippen LogP contribution in [0.3, 0.4) is 0 Å². The third kappa shape index (κ3) is 4.98. The highest BCUT2D eigenvalue weighted by molar-refractivity contribution is 5.96. The number of anilines is 2. The van der Waals surface area contributed by atoms with E-state index in [0.717, 1.165) is 42.8 Å². The second-order valence-corrected chi connectivity index (χ2v) is 8.66. The summed E-state index contributed by atoms with van der Waals surface area (Å²) < 4.78 is 7.22. The van der Waals surface area contributed by atoms with E-state index in [1.54, 1.807) is 16.9 Å². The van der Waals surface area contributed by atoms with E-state index < -0.39 is 0 Å². The van der Waals surface area contributed by atoms with E-state index in [4.69, 9.17) is 9.72 Å². The van der Waals surface area contributed by atoms with E-state index in [1.807, 2.05) is 31.2 Å². The second kappa shape index (κ2) is 9.58. The molecule has 0 bridgehead atoms. The topological polar surface area (TPSA) is 96.1 Å². The molecule has 2 aromatic heterocycles. The molecule has 1 saturated heterocycles. The van der Waals surface area contributed by atoms with Crippen molar-refractivity contribution in [1.29, 1.82) is 0 Å². The first-order valence-corrected chi connectivity index (χ1v) is 11.6. The summed E-state index contributed by atoms with van der Waals surface area (Å²) >= 11 is 0. The van der Waals surface area contributed by atoms with Gasteiger partial charge in [-0.05, 0) is 31.4 Å². The minimum absolute atomic E-state index is 0.0627. The SMILES string of the molecule is Cc1cccc(/C=N/Nc2nc(N3CCOCC3)c3cc(C(=O)NC4CCCC4)cn3n2)c1. The van der Waals surface area contributed by atoms with Crippen LogP contribution in [-0.4, -0.2) is 59.1 Å². The number of aromatic nitrogens is 3. The van der Waals surface area contributed by atoms with Crippen molar-refractivity contribution in [3.63, 3.8) is 0 Å². The lowest BCUT2D eigenvalue weighted by Crippen LogP contribution is -2.37. The Balaban J connectivity index is 1.43. The molecular weight excluding hydrogens is 418 g/mol. The number of hydrogen-bond acceptors (Lipinski definition) is 7. The summed E-state index contributed by atoms with van der Waals surface area (Å²) in [6.45, 7) is 4.78. The maximum absolute atomic E-state index is 12.9. The van der Waals surface area contributed by atoms with Gasteiger partial charge >= 0.3 is 0 Å². The van der Waals surface area contributed by atoms with Gasteiger partial charge in [0.25, 0.3) is 11.9 Å². The molecule has 0 spiro atoms. The number of ether oxygens (including phenoxy) is 1. The highest BCUT2D eigenvalue weighted by atomic mass is 16.5. The Morgan fingerprint density at radius 1 is 1.21 bits per heavy atom. The number of morpholine rings is 1. The van der Waals surface area contributed by atoms with Crippen molar-refractivity contribution < 1.29 is 9.53 Å². The van der Waals surface area contributed by atoms with Gasteiger partial charge in [-0.2, -0.15) is 10.1 Å². The zero-order valence-electron chi connectivity index (χ0n) is 18.8. The van der Waals surface area contributed by atoms with E-state index in [2.05, 4.69) is 31.9 Å². The van der Waals surface area contributed by atoms with Crippen molar-refractivity contribution in [3.8, 4) is 0 Å². The fourth-order valence-electron chi connectivity index (χ4n) is 4.42. The number of benzene rings is 1. The van der Waals surface area contributed by atoms with Crippen molar-refractivity contribution in [2.24, 2.45) is 5.10 Å². The van der Waals surface area contributed by atoms with Gasteiger partial charge in [-0.15, -0.1) is 5.10 Å². The number of hydrogen-bond donors (Lipinski definition) is 2. The van der Waals surface area contributed by atoms with Crippen LogP contribution in [0.4, 0.5) is 11.8 Å². The Labute approximate surface area is 192 Å². The molecule has 2 aliphatic rings. The Morgan fingerprint density at radius 2 is 2.03 bits per heavy atom. The number of carbonyl (C=O) groups is 1. The highest BCUT2D eigenvalue weighted by Gasteiger charge is 2.22. The van der Waals surface area contributed by atoms with Gasteiger partial charge in [0, 0.05) is 25.3 Å². The standard InChI is InChI=1S/C24H29N7O2/c1-17-5-4-6-18(13-17)15-25-28-24-27-22(30-9-11-33-12-10-30)21-14-19(16-31(21)29-24)23(32)26-20-7-2-3-8-20/h4-6,13-16,20H,2-3,7-12H2,1H3,(H,26,32)(H,28,29)/b25-15+. The van der Waals surface area contributed by atoms with Crippen LogP contribution in [0.25, 0.3) is 5.52 Å². The molecule has 0 radical (unpaired) electrons. The predicted octanol–water partition coefficient (Wildman–Crippen LogP) is 2.99. The molecule has 3 aromatic rings. The number of hydrazone groups is 1. The van der Waals surface area contributed by atoms with Gasteiger partial charge in [0.1, 0.15) is 5.52 Å². The monoisotopic (exact) mass is 447 g/mol. The van der Waals surface area contributed by atoms with E-state index in [0.29, 0.717) is 24.7 Å². The summed E-state index contributed by atoms with van der Waals surface area (Å²) in [4.78, 5) is 19.7. The van der Waals surface area contributed by atoms with E-state index in [1.165, 1.54) is 18.4 Å². The van der Waals surface area contributed by atoms with Crippen LogP contribution in [0.2, 0.25) is 0 Å². The number of rotatable bonds is 6. The molecule has 3 heterocycles. The molecule has 172 valence electrons. The van der Waals surface area contributed by atoms with Crippen LogP contribution in [0.15, 0.2) is 41.6 Å². The van der Waals surface area contributed by atoms with Gasteiger partial charge < -0.3 is 15.0 Å². The first-order valence-electron chi connectivity index (χ1n) is 11.6. The van der Waals surface area contributed by atoms with Gasteiger partial charge in [-0.1, -0.05) is 42.7 Å². The number of carbonyl (C=O) groups excluding carboxylic acids is 1. The lowest BCUT2D eigenvalue weighted by atomic mass is 10.2. The maximum Gasteiger partial charge on any atom is 0.263 e. The van der Waals surface area contributed by atoms with Crippen molar-refractivity contribution in [1.82, 2.24) is 19.9 Å². The number of nitrogens with zero attached hydrogens (tertiary/aromatic N) is 5. The smallest absolute Gasteiger partial charge is 0.263 e. The van der Waals surface area contributed by atoms with Gasteiger partial charge in [-0.3, -0.25) is 4.79 Å². The molecule has 33 heavy (non-hydrogen) atoms. The zero-order valence-corrected chi connectivity index (χ0v) is 18.8. The molecule has 1 aliphatic carbocycles. The molecule has 0 unspecified atom stereocenters. The van der Waals surface area contributed by atoms with Crippen LogP contribution in [0.1, 0.15) is 47.2 Å². The van der Waals surface area contributed by atoms with Gasteiger partial charge in [0.2, 0.25) is 0 Å². The lowest BCUT2D eigenvalue weighted by molar-refractivity contribution is 0.0938. The molecule has 5 rings (SSSR count). The third-order valence-corrected chi connectivity index (χ3v) is 6.13. The summed E-state index contributed by atoms with van der Waals surface area (Å²) in [5.74, 6) is 1.07. The van der Waals surface area contributed by atoms with Crippen LogP contribution < -0.4 is 15.6 Å². The van der Waals surface area contributed by atoms with E-state index in [-0.39, 0.29) is 11.9 Å². The normalized spacial score (nSPS) is 17.2. The summed E-state index contributed by atoms with van der Waals surface area (Å²) in [7, 11) is 0. The average molecular weight is 448 g/mol. The van der Waals surface area contributed by atoms with Crippen LogP contribution >= 0.6 is 0 Å². The molecule has 2 fully saturated rings. The fraction of sp³-hybridized carbons (Fsp3) is 0.417. The maximum atomic E-state index is 12.9. The Morgan fingerprint density at radius 3 is 2.82 bits per heavy atom. The second-order valence-electron chi connectivity index (χ2n) is 8.66. The third-order valence-electron chi connectivity index (χ3n) is 6.13. The van der Waals surface area contributed by atoms with Crippen molar-refractivity contribution >= 4 is 29.4 Å². The quantitative estimate of drug-likeness (QED) is 0.446. The van der Waals surface area contributed by atoms with Gasteiger partial charge in [0.05, 0.1) is 25.0 Å². The summed E-state index contributed by atoms with van der Waals surface area (Å²) in [5, 5.41) is 12.0. The van der Waals surface area contributed by atoms with Crippen molar-refractivity contribution in [2.45, 2.75) is 38.6 Å². The molecule has 1 aromatic carbocycles. The molecular formula is C24H29N7O2. The fourth-order valence-corrected chi connectivity index (χ4v) is 4.42. The first kappa shape index (κ1) is 21.4. The van der Waals surface area contributed by atoms with Gasteiger partial charge in [0.15, 0.2) is 5.82 Å². The van der Waals surface area contributed by atoms with E-state index in [9.17, 15) is 4.79 Å². The minimum Gasteiger partial charge on any atom is -0.378 e. The molecule has 0 atom stereocenters. The van der Waals surface area contributed by atoms with Crippen LogP contribution in [0.5, 0.6) is 0 Å². The highest BCUT2D eigenvalue weighted by Crippen LogP contribution is 2.24. The Kier molecular flexibility index (Phi) is 6.21. The number of amides is 1. The number of nitrogens with one attached hydrogen (secondary N) is 2. The summed E-state index contributed by atoms with van der Waals surface area (Å²) in [6.07, 6.45) is 7.95. The number of aryl methyl sites for hydroxylation is 1. The molecule has 9 nitrogen and oxygen atoms in total. The minimum atomic E-state index is -0.0627. The Bertz CT molecular complexity index is 1160. The zero-order chi connectivity index (χ0) is 22.6. The molecule has 1 amide bonds. The first-order chi connectivity index (χ1) is 16.2. The van der Waals surface area contributed by atoms with Crippen LogP contribution in [-0.2, 0) is 4.74 Å². The molecule has 1 aliphatic heterocycles. The van der Waals surface area contributed by atoms with Crippen molar-refractivity contribution in [2.75, 3.05) is 36.6 Å². The van der Waals surface area contributed by atoms with Crippen molar-refractivity contribution in [3.05, 3.63) is 53.2 Å².